The lowest BCUT2D eigenvalue weighted by Crippen LogP contribution is -2.14. The van der Waals surface area contributed by atoms with E-state index in [-0.39, 0.29) is 11.7 Å². The van der Waals surface area contributed by atoms with Gasteiger partial charge >= 0.3 is 0 Å². The van der Waals surface area contributed by atoms with Crippen molar-refractivity contribution in [2.24, 2.45) is 5.73 Å². The first-order chi connectivity index (χ1) is 10.0. The number of rotatable bonds is 3. The summed E-state index contributed by atoms with van der Waals surface area (Å²) in [4.78, 5) is 4.63. The number of aryl methyl sites for hydroxylation is 2. The average Bonchev–Trinajstić information content (AvgIpc) is 2.75. The zero-order valence-electron chi connectivity index (χ0n) is 12.1. The minimum atomic E-state index is -0.357. The Bertz CT molecular complexity index is 703. The molecule has 1 aliphatic carbocycles. The molecule has 0 atom stereocenters. The molecule has 0 saturated carbocycles. The summed E-state index contributed by atoms with van der Waals surface area (Å²) in [5.41, 5.74) is 9.16. The first-order valence-corrected chi connectivity index (χ1v) is 7.23. The van der Waals surface area contributed by atoms with Gasteiger partial charge in [0.25, 0.3) is 0 Å². The topological polar surface area (TPSA) is 67.7 Å². The monoisotopic (exact) mass is 286 g/mol. The largest absolute Gasteiger partial charge is 0.384 e. The molecule has 0 saturated heterocycles. The molecule has 0 bridgehead atoms. The number of aromatic nitrogens is 2. The summed E-state index contributed by atoms with van der Waals surface area (Å²) >= 11 is 0. The predicted molar refractivity (Wildman–Crippen MR) is 80.1 cm³/mol. The Hall–Kier alpha value is -2.17. The first-order valence-electron chi connectivity index (χ1n) is 7.23. The highest BCUT2D eigenvalue weighted by Crippen LogP contribution is 2.23. The minimum Gasteiger partial charge on any atom is -0.384 e. The second-order valence-corrected chi connectivity index (χ2v) is 5.61. The van der Waals surface area contributed by atoms with Gasteiger partial charge in [-0.3, -0.25) is 5.41 Å². The first kappa shape index (κ1) is 13.8. The number of halogens is 1. The number of benzene rings is 1. The molecule has 110 valence electrons. The lowest BCUT2D eigenvalue weighted by atomic mass is 10.0. The molecule has 0 radical (unpaired) electrons. The van der Waals surface area contributed by atoms with Gasteiger partial charge in [-0.1, -0.05) is 0 Å². The van der Waals surface area contributed by atoms with Crippen molar-refractivity contribution >= 4 is 5.84 Å². The molecule has 0 unspecified atom stereocenters. The molecule has 0 amide bonds. The number of hydrogen-bond donors (Lipinski definition) is 2. The molecule has 1 aromatic heterocycles. The highest BCUT2D eigenvalue weighted by Gasteiger charge is 2.18. The van der Waals surface area contributed by atoms with Crippen molar-refractivity contribution in [2.45, 2.75) is 39.2 Å². The maximum atomic E-state index is 13.7. The number of hydrogen-bond acceptors (Lipinski definition) is 2. The SMILES string of the molecule is Cc1nc2c(n1Cc1cc(F)cc(C(=N)N)c1)CCCC2. The van der Waals surface area contributed by atoms with E-state index in [0.717, 1.165) is 24.2 Å². The summed E-state index contributed by atoms with van der Waals surface area (Å²) in [6.07, 6.45) is 4.44. The standard InChI is InChI=1S/C16H19FN4/c1-10-20-14-4-2-3-5-15(14)21(10)9-11-6-12(16(18)19)8-13(17)7-11/h6-8H,2-5,9H2,1H3,(H3,18,19). The molecule has 4 nitrogen and oxygen atoms in total. The van der Waals surface area contributed by atoms with Gasteiger partial charge in [0.15, 0.2) is 0 Å². The van der Waals surface area contributed by atoms with Crippen molar-refractivity contribution in [3.05, 3.63) is 52.4 Å². The van der Waals surface area contributed by atoms with Gasteiger partial charge in [0.2, 0.25) is 0 Å². The van der Waals surface area contributed by atoms with Crippen LogP contribution in [-0.2, 0) is 19.4 Å². The Morgan fingerprint density at radius 3 is 2.86 bits per heavy atom. The second kappa shape index (κ2) is 5.31. The number of nitrogens with one attached hydrogen (secondary N) is 1. The molecular formula is C16H19FN4. The molecule has 0 aliphatic heterocycles. The van der Waals surface area contributed by atoms with Gasteiger partial charge in [-0.15, -0.1) is 0 Å². The molecule has 1 aromatic carbocycles. The Morgan fingerprint density at radius 1 is 1.33 bits per heavy atom. The van der Waals surface area contributed by atoms with Crippen LogP contribution in [0.4, 0.5) is 4.39 Å². The van der Waals surface area contributed by atoms with Crippen LogP contribution >= 0.6 is 0 Å². The highest BCUT2D eigenvalue weighted by atomic mass is 19.1. The molecule has 3 rings (SSSR count). The number of nitrogens with two attached hydrogens (primary N) is 1. The van der Waals surface area contributed by atoms with Gasteiger partial charge in [-0.05, 0) is 56.4 Å². The van der Waals surface area contributed by atoms with E-state index in [2.05, 4.69) is 9.55 Å². The third-order valence-corrected chi connectivity index (χ3v) is 4.03. The Labute approximate surface area is 123 Å². The second-order valence-electron chi connectivity index (χ2n) is 5.61. The lowest BCUT2D eigenvalue weighted by molar-refractivity contribution is 0.611. The smallest absolute Gasteiger partial charge is 0.124 e. The fraction of sp³-hybridized carbons (Fsp3) is 0.375. The molecule has 1 heterocycles. The van der Waals surface area contributed by atoms with Crippen molar-refractivity contribution in [3.8, 4) is 0 Å². The van der Waals surface area contributed by atoms with Crippen LogP contribution in [0.1, 0.15) is 41.2 Å². The van der Waals surface area contributed by atoms with Crippen molar-refractivity contribution in [1.29, 1.82) is 5.41 Å². The van der Waals surface area contributed by atoms with Crippen LogP contribution in [0.3, 0.4) is 0 Å². The zero-order chi connectivity index (χ0) is 15.0. The van der Waals surface area contributed by atoms with E-state index in [9.17, 15) is 4.39 Å². The van der Waals surface area contributed by atoms with Gasteiger partial charge in [-0.25, -0.2) is 9.37 Å². The van der Waals surface area contributed by atoms with Crippen molar-refractivity contribution in [2.75, 3.05) is 0 Å². The zero-order valence-corrected chi connectivity index (χ0v) is 12.1. The van der Waals surface area contributed by atoms with E-state index in [1.807, 2.05) is 6.92 Å². The van der Waals surface area contributed by atoms with Gasteiger partial charge in [0.05, 0.1) is 5.69 Å². The lowest BCUT2D eigenvalue weighted by Gasteiger charge is -2.15. The van der Waals surface area contributed by atoms with Crippen LogP contribution in [0.2, 0.25) is 0 Å². The fourth-order valence-electron chi connectivity index (χ4n) is 3.03. The highest BCUT2D eigenvalue weighted by molar-refractivity contribution is 5.95. The van der Waals surface area contributed by atoms with E-state index >= 15 is 0 Å². The van der Waals surface area contributed by atoms with Gasteiger partial charge in [0, 0.05) is 17.8 Å². The van der Waals surface area contributed by atoms with Crippen LogP contribution < -0.4 is 5.73 Å². The molecule has 0 spiro atoms. The Morgan fingerprint density at radius 2 is 2.10 bits per heavy atom. The third-order valence-electron chi connectivity index (χ3n) is 4.03. The quantitative estimate of drug-likeness (QED) is 0.672. The number of amidine groups is 1. The molecule has 5 heteroatoms. The van der Waals surface area contributed by atoms with Crippen molar-refractivity contribution in [3.63, 3.8) is 0 Å². The molecule has 3 N–H and O–H groups in total. The number of nitrogens with zero attached hydrogens (tertiary/aromatic N) is 2. The maximum absolute atomic E-state index is 13.7. The van der Waals surface area contributed by atoms with Crippen LogP contribution in [0.5, 0.6) is 0 Å². The maximum Gasteiger partial charge on any atom is 0.124 e. The third kappa shape index (κ3) is 2.68. The summed E-state index contributed by atoms with van der Waals surface area (Å²) in [6, 6.07) is 4.57. The van der Waals surface area contributed by atoms with Crippen molar-refractivity contribution in [1.82, 2.24) is 9.55 Å². The Kier molecular flexibility index (Phi) is 3.49. The number of fused-ring (bicyclic) bond motifs is 1. The van der Waals surface area contributed by atoms with E-state index < -0.39 is 0 Å². The van der Waals surface area contributed by atoms with Crippen LogP contribution in [0, 0.1) is 18.2 Å². The summed E-state index contributed by atoms with van der Waals surface area (Å²) in [6.45, 7) is 2.57. The van der Waals surface area contributed by atoms with Gasteiger partial charge < -0.3 is 10.3 Å². The summed E-state index contributed by atoms with van der Waals surface area (Å²) in [5, 5.41) is 7.46. The molecule has 2 aromatic rings. The van der Waals surface area contributed by atoms with Gasteiger partial charge in [-0.2, -0.15) is 0 Å². The van der Waals surface area contributed by atoms with E-state index in [1.54, 1.807) is 6.07 Å². The van der Waals surface area contributed by atoms with E-state index in [4.69, 9.17) is 11.1 Å². The van der Waals surface area contributed by atoms with Crippen molar-refractivity contribution < 1.29 is 4.39 Å². The van der Waals surface area contributed by atoms with Crippen LogP contribution in [0.25, 0.3) is 0 Å². The summed E-state index contributed by atoms with van der Waals surface area (Å²) in [5.74, 6) is 0.500. The molecule has 1 aliphatic rings. The molecular weight excluding hydrogens is 267 g/mol. The number of nitrogen functional groups attached to an aromatic ring is 1. The van der Waals surface area contributed by atoms with Gasteiger partial charge in [0.1, 0.15) is 17.5 Å². The normalized spacial score (nSPS) is 14.0. The van der Waals surface area contributed by atoms with Crippen LogP contribution in [0.15, 0.2) is 18.2 Å². The van der Waals surface area contributed by atoms with E-state index in [1.165, 1.54) is 36.4 Å². The summed E-state index contributed by atoms with van der Waals surface area (Å²) < 4.78 is 15.8. The summed E-state index contributed by atoms with van der Waals surface area (Å²) in [7, 11) is 0. The van der Waals surface area contributed by atoms with E-state index in [0.29, 0.717) is 12.1 Å². The fourth-order valence-corrected chi connectivity index (χ4v) is 3.03. The molecule has 0 fully saturated rings. The molecule has 21 heavy (non-hydrogen) atoms. The minimum absolute atomic E-state index is 0.111. The Balaban J connectivity index is 1.97. The number of imidazole rings is 1. The predicted octanol–water partition coefficient (Wildman–Crippen LogP) is 2.54. The average molecular weight is 286 g/mol. The van der Waals surface area contributed by atoms with Crippen LogP contribution in [-0.4, -0.2) is 15.4 Å².